The number of carbonyl (C=O) groups excluding carboxylic acids is 4. The normalized spacial score (nSPS) is 14.2. The molecule has 0 rings (SSSR count). The molecular formula is C94H184O17P2. The molecule has 0 saturated carbocycles. The van der Waals surface area contributed by atoms with Gasteiger partial charge in [0, 0.05) is 25.7 Å². The van der Waals surface area contributed by atoms with Crippen LogP contribution >= 0.6 is 15.6 Å². The van der Waals surface area contributed by atoms with Crippen LogP contribution < -0.4 is 0 Å². The summed E-state index contributed by atoms with van der Waals surface area (Å²) in [6.45, 7) is 12.1. The van der Waals surface area contributed by atoms with Crippen molar-refractivity contribution in [2.45, 2.75) is 523 Å². The molecule has 0 aliphatic heterocycles. The number of phosphoric ester groups is 2. The van der Waals surface area contributed by atoms with Crippen LogP contribution in [0.25, 0.3) is 0 Å². The third-order valence-corrected chi connectivity index (χ3v) is 24.8. The summed E-state index contributed by atoms with van der Waals surface area (Å²) >= 11 is 0. The van der Waals surface area contributed by atoms with Crippen LogP contribution in [0.2, 0.25) is 0 Å². The van der Waals surface area contributed by atoms with Crippen LogP contribution in [0.4, 0.5) is 0 Å². The third kappa shape index (κ3) is 84.9. The van der Waals surface area contributed by atoms with E-state index in [2.05, 4.69) is 48.5 Å². The number of unbranched alkanes of at least 4 members (excludes halogenated alkanes) is 58. The number of aliphatic hydroxyl groups is 1. The maximum absolute atomic E-state index is 13.2. The van der Waals surface area contributed by atoms with Crippen molar-refractivity contribution in [2.24, 2.45) is 17.8 Å². The predicted molar refractivity (Wildman–Crippen MR) is 469 cm³/mol. The van der Waals surface area contributed by atoms with Crippen molar-refractivity contribution in [3.05, 3.63) is 0 Å². The van der Waals surface area contributed by atoms with Crippen LogP contribution in [0.5, 0.6) is 0 Å². The predicted octanol–water partition coefficient (Wildman–Crippen LogP) is 29.2. The fourth-order valence-electron chi connectivity index (χ4n) is 14.7. The van der Waals surface area contributed by atoms with E-state index in [1.165, 1.54) is 315 Å². The van der Waals surface area contributed by atoms with Crippen LogP contribution in [0.15, 0.2) is 0 Å². The first-order valence-corrected chi connectivity index (χ1v) is 51.4. The van der Waals surface area contributed by atoms with E-state index in [9.17, 15) is 43.2 Å². The highest BCUT2D eigenvalue weighted by atomic mass is 31.2. The van der Waals surface area contributed by atoms with Gasteiger partial charge in [0.15, 0.2) is 12.2 Å². The summed E-state index contributed by atoms with van der Waals surface area (Å²) in [6, 6.07) is 0. The zero-order valence-corrected chi connectivity index (χ0v) is 76.7. The fraction of sp³-hybridized carbons (Fsp3) is 0.957. The van der Waals surface area contributed by atoms with Gasteiger partial charge in [-0.1, -0.05) is 453 Å². The van der Waals surface area contributed by atoms with E-state index in [-0.39, 0.29) is 25.7 Å². The summed E-state index contributed by atoms with van der Waals surface area (Å²) in [7, 11) is -9.94. The van der Waals surface area contributed by atoms with Gasteiger partial charge >= 0.3 is 39.5 Å². The van der Waals surface area contributed by atoms with Crippen LogP contribution in [0.3, 0.4) is 0 Å². The Morgan fingerprint density at radius 1 is 0.257 bits per heavy atom. The van der Waals surface area contributed by atoms with Gasteiger partial charge in [0.2, 0.25) is 0 Å². The molecule has 3 N–H and O–H groups in total. The second-order valence-corrected chi connectivity index (χ2v) is 37.6. The molecule has 672 valence electrons. The molecule has 17 nitrogen and oxygen atoms in total. The third-order valence-electron chi connectivity index (χ3n) is 22.9. The number of hydrogen-bond donors (Lipinski definition) is 3. The Bertz CT molecular complexity index is 2170. The highest BCUT2D eigenvalue weighted by Gasteiger charge is 2.31. The van der Waals surface area contributed by atoms with Crippen molar-refractivity contribution in [1.82, 2.24) is 0 Å². The minimum absolute atomic E-state index is 0.108. The SMILES string of the molecule is CCCCCCCCCCCCCCCCCCCC(=O)O[C@H](COC(=O)CCCCCCCCCCCC(C)C)COP(=O)(O)OC[C@H](O)COP(=O)(O)OC[C@@H](COC(=O)CCCCCCCCCCCCCCCCCCCCC(C)CC)OC(=O)CCCCCCCCCCCCCCCCCCCCC(C)CC. The standard InChI is InChI=1S/C94H184O17P2/c1-8-11-12-13-14-15-16-17-18-23-31-36-41-48-56-63-70-77-94(99)111-90(82-105-92(97)76-69-62-55-50-43-44-51-58-65-72-85(4)5)84-109-113(102,103)107-80-88(95)79-106-112(100,101)108-83-89(110-93(98)78-71-64-57-49-42-37-32-27-22-20-25-29-34-39-46-53-60-67-74-87(7)10-3)81-104-91(96)75-68-61-54-47-40-35-30-26-21-19-24-28-33-38-45-52-59-66-73-86(6)9-2/h85-90,95H,8-84H2,1-7H3,(H,100,101)(H,102,103)/t86?,87?,88-,89-,90-/m1/s1. The highest BCUT2D eigenvalue weighted by Crippen LogP contribution is 2.45. The number of phosphoric acid groups is 2. The van der Waals surface area contributed by atoms with Gasteiger partial charge in [-0.3, -0.25) is 37.3 Å². The van der Waals surface area contributed by atoms with Gasteiger partial charge < -0.3 is 33.8 Å². The van der Waals surface area contributed by atoms with E-state index in [1.807, 2.05) is 0 Å². The van der Waals surface area contributed by atoms with E-state index in [0.29, 0.717) is 25.7 Å². The molecule has 19 heteroatoms. The Morgan fingerprint density at radius 3 is 0.673 bits per heavy atom. The molecule has 7 atom stereocenters. The number of rotatable bonds is 92. The Balaban J connectivity index is 5.24. The molecule has 4 unspecified atom stereocenters. The number of hydrogen-bond acceptors (Lipinski definition) is 15. The first kappa shape index (κ1) is 111. The number of esters is 4. The van der Waals surface area contributed by atoms with Gasteiger partial charge in [0.25, 0.3) is 0 Å². The first-order valence-electron chi connectivity index (χ1n) is 48.4. The second-order valence-electron chi connectivity index (χ2n) is 34.7. The fourth-order valence-corrected chi connectivity index (χ4v) is 16.3. The summed E-state index contributed by atoms with van der Waals surface area (Å²) in [6.07, 6.45) is 77.8. The van der Waals surface area contributed by atoms with Gasteiger partial charge in [-0.2, -0.15) is 0 Å². The zero-order valence-electron chi connectivity index (χ0n) is 74.9. The summed E-state index contributed by atoms with van der Waals surface area (Å²) < 4.78 is 69.2. The molecule has 0 aromatic rings. The Kier molecular flexibility index (Phi) is 82.3. The summed E-state index contributed by atoms with van der Waals surface area (Å²) in [5.74, 6) is 0.394. The lowest BCUT2D eigenvalue weighted by atomic mass is 9.99. The van der Waals surface area contributed by atoms with Crippen molar-refractivity contribution in [3.8, 4) is 0 Å². The number of aliphatic hydroxyl groups excluding tert-OH is 1. The topological polar surface area (TPSA) is 237 Å². The summed E-state index contributed by atoms with van der Waals surface area (Å²) in [5, 5.41) is 10.7. The number of carbonyl (C=O) groups is 4. The van der Waals surface area contributed by atoms with Crippen molar-refractivity contribution in [3.63, 3.8) is 0 Å². The van der Waals surface area contributed by atoms with Gasteiger partial charge in [-0.15, -0.1) is 0 Å². The molecule has 0 aliphatic carbocycles. The molecule has 0 aliphatic rings. The quantitative estimate of drug-likeness (QED) is 0.0222. The number of ether oxygens (including phenoxy) is 4. The minimum Gasteiger partial charge on any atom is -0.462 e. The molecule has 0 fully saturated rings. The lowest BCUT2D eigenvalue weighted by Gasteiger charge is -2.21. The second kappa shape index (κ2) is 83.7. The van der Waals surface area contributed by atoms with Crippen LogP contribution in [-0.2, 0) is 65.4 Å². The van der Waals surface area contributed by atoms with Gasteiger partial charge in [0.05, 0.1) is 26.4 Å². The first-order chi connectivity index (χ1) is 54.8. The molecule has 0 heterocycles. The molecule has 0 bridgehead atoms. The van der Waals surface area contributed by atoms with Crippen LogP contribution in [0, 0.1) is 17.8 Å². The molecule has 0 radical (unpaired) electrons. The molecule has 0 amide bonds. The average Bonchev–Trinajstić information content (AvgIpc) is 0.901. The van der Waals surface area contributed by atoms with Crippen molar-refractivity contribution >= 4 is 39.5 Å². The van der Waals surface area contributed by atoms with Crippen molar-refractivity contribution in [1.29, 1.82) is 0 Å². The molecule has 0 saturated heterocycles. The van der Waals surface area contributed by atoms with E-state index < -0.39 is 97.5 Å². The molecular weight excluding hydrogens is 1460 g/mol. The van der Waals surface area contributed by atoms with Crippen LogP contribution in [-0.4, -0.2) is 96.7 Å². The average molecular weight is 1650 g/mol. The van der Waals surface area contributed by atoms with E-state index >= 15 is 0 Å². The van der Waals surface area contributed by atoms with Crippen molar-refractivity contribution in [2.75, 3.05) is 39.6 Å². The smallest absolute Gasteiger partial charge is 0.462 e. The monoisotopic (exact) mass is 1650 g/mol. The summed E-state index contributed by atoms with van der Waals surface area (Å²) in [5.41, 5.74) is 0. The maximum atomic E-state index is 13.2. The zero-order chi connectivity index (χ0) is 82.9. The lowest BCUT2D eigenvalue weighted by molar-refractivity contribution is -0.161. The van der Waals surface area contributed by atoms with E-state index in [1.54, 1.807) is 0 Å². The summed E-state index contributed by atoms with van der Waals surface area (Å²) in [4.78, 5) is 73.5. The van der Waals surface area contributed by atoms with Crippen LogP contribution in [0.1, 0.15) is 504 Å². The highest BCUT2D eigenvalue weighted by molar-refractivity contribution is 7.47. The molecule has 0 aromatic carbocycles. The Labute approximate surface area is 696 Å². The largest absolute Gasteiger partial charge is 0.472 e. The van der Waals surface area contributed by atoms with E-state index in [4.69, 9.17) is 37.0 Å². The molecule has 0 spiro atoms. The molecule has 0 aromatic heterocycles. The van der Waals surface area contributed by atoms with Gasteiger partial charge in [-0.25, -0.2) is 9.13 Å². The maximum Gasteiger partial charge on any atom is 0.472 e. The Morgan fingerprint density at radius 2 is 0.451 bits per heavy atom. The van der Waals surface area contributed by atoms with Crippen molar-refractivity contribution < 1.29 is 80.2 Å². The minimum atomic E-state index is -4.97. The van der Waals surface area contributed by atoms with E-state index in [0.717, 1.165) is 108 Å². The molecule has 113 heavy (non-hydrogen) atoms. The lowest BCUT2D eigenvalue weighted by Crippen LogP contribution is -2.30. The Hall–Kier alpha value is -1.94. The van der Waals surface area contributed by atoms with Gasteiger partial charge in [0.1, 0.15) is 19.3 Å². The van der Waals surface area contributed by atoms with Gasteiger partial charge in [-0.05, 0) is 43.4 Å².